The van der Waals surface area contributed by atoms with Gasteiger partial charge >= 0.3 is 6.03 Å². The average Bonchev–Trinajstić information content (AvgIpc) is 3.29. The molecule has 0 unspecified atom stereocenters. The molecule has 0 spiro atoms. The van der Waals surface area contributed by atoms with Crippen LogP contribution < -0.4 is 21.7 Å². The number of anilines is 3. The molecule has 0 aliphatic carbocycles. The number of hydrogen-bond acceptors (Lipinski definition) is 7. The Kier molecular flexibility index (Phi) is 9.68. The normalized spacial score (nSPS) is 11.1. The number of aryl methyl sites for hydroxylation is 3. The van der Waals surface area contributed by atoms with E-state index in [1.807, 2.05) is 50.2 Å². The van der Waals surface area contributed by atoms with Crippen LogP contribution in [0.3, 0.4) is 0 Å². The number of aromatic nitrogens is 2. The third kappa shape index (κ3) is 7.34. The molecule has 2 aromatic heterocycles. The van der Waals surface area contributed by atoms with Crippen molar-refractivity contribution in [1.82, 2.24) is 20.2 Å². The van der Waals surface area contributed by atoms with Gasteiger partial charge in [0.1, 0.15) is 17.0 Å². The van der Waals surface area contributed by atoms with Gasteiger partial charge in [-0.1, -0.05) is 32.0 Å². The van der Waals surface area contributed by atoms with E-state index in [0.29, 0.717) is 30.9 Å². The third-order valence-corrected chi connectivity index (χ3v) is 7.88. The van der Waals surface area contributed by atoms with Crippen LogP contribution in [-0.4, -0.2) is 53.0 Å². The lowest BCUT2D eigenvalue weighted by molar-refractivity contribution is -0.121. The van der Waals surface area contributed by atoms with Crippen molar-refractivity contribution in [1.29, 1.82) is 0 Å². The smallest absolute Gasteiger partial charge is 0.323 e. The fourth-order valence-corrected chi connectivity index (χ4v) is 5.92. The molecule has 0 aliphatic rings. The molecule has 2 aromatic carbocycles. The second kappa shape index (κ2) is 13.4. The summed E-state index contributed by atoms with van der Waals surface area (Å²) in [5, 5.41) is 9.60. The molecule has 0 aliphatic heterocycles. The molecule has 9 nitrogen and oxygen atoms in total. The van der Waals surface area contributed by atoms with E-state index in [0.717, 1.165) is 62.7 Å². The Labute approximate surface area is 239 Å². The van der Waals surface area contributed by atoms with Crippen LogP contribution in [0.4, 0.5) is 22.0 Å². The first kappa shape index (κ1) is 29.0. The number of urea groups is 1. The molecular weight excluding hydrogens is 522 g/mol. The summed E-state index contributed by atoms with van der Waals surface area (Å²) in [6, 6.07) is 13.2. The summed E-state index contributed by atoms with van der Waals surface area (Å²) in [5.41, 5.74) is 11.7. The van der Waals surface area contributed by atoms with Crippen LogP contribution in [0.15, 0.2) is 48.8 Å². The summed E-state index contributed by atoms with van der Waals surface area (Å²) in [6.07, 6.45) is 2.39. The minimum absolute atomic E-state index is 0.0176. The Morgan fingerprint density at radius 1 is 0.950 bits per heavy atom. The third-order valence-electron chi connectivity index (χ3n) is 6.73. The van der Waals surface area contributed by atoms with E-state index >= 15 is 0 Å². The number of nitrogen functional groups attached to an aromatic ring is 1. The van der Waals surface area contributed by atoms with Crippen LogP contribution in [0.25, 0.3) is 21.3 Å². The van der Waals surface area contributed by atoms with Crippen molar-refractivity contribution in [3.05, 3.63) is 64.8 Å². The number of nitrogens with two attached hydrogens (primary N) is 1. The van der Waals surface area contributed by atoms with Gasteiger partial charge in [-0.05, 0) is 74.3 Å². The van der Waals surface area contributed by atoms with E-state index < -0.39 is 0 Å². The van der Waals surface area contributed by atoms with Crippen molar-refractivity contribution in [2.24, 2.45) is 0 Å². The van der Waals surface area contributed by atoms with Gasteiger partial charge in [-0.2, -0.15) is 0 Å². The van der Waals surface area contributed by atoms with Crippen molar-refractivity contribution in [2.75, 3.05) is 42.5 Å². The number of thiophene rings is 1. The maximum absolute atomic E-state index is 12.6. The SMILES string of the molecule is CCN(CC)CCNC(=O)CCc1sc2ncnc(N)c2c1-c1ccc(NC(=O)Nc2cc(C)cc(C)c2)cc1. The summed E-state index contributed by atoms with van der Waals surface area (Å²) in [5.74, 6) is 0.421. The van der Waals surface area contributed by atoms with Crippen molar-refractivity contribution in [3.63, 3.8) is 0 Å². The zero-order valence-corrected chi connectivity index (χ0v) is 24.3. The number of rotatable bonds is 11. The average molecular weight is 560 g/mol. The van der Waals surface area contributed by atoms with Gasteiger partial charge in [0.2, 0.25) is 5.91 Å². The van der Waals surface area contributed by atoms with Crippen LogP contribution in [0, 0.1) is 13.8 Å². The van der Waals surface area contributed by atoms with E-state index in [9.17, 15) is 9.59 Å². The van der Waals surface area contributed by atoms with E-state index in [-0.39, 0.29) is 11.9 Å². The van der Waals surface area contributed by atoms with Crippen LogP contribution in [0.2, 0.25) is 0 Å². The molecule has 3 amide bonds. The molecule has 0 atom stereocenters. The number of fused-ring (bicyclic) bond motifs is 1. The molecule has 4 rings (SSSR count). The Morgan fingerprint density at radius 3 is 2.30 bits per heavy atom. The Bertz CT molecular complexity index is 1460. The zero-order chi connectivity index (χ0) is 28.6. The van der Waals surface area contributed by atoms with Gasteiger partial charge in [-0.25, -0.2) is 14.8 Å². The van der Waals surface area contributed by atoms with Crippen LogP contribution in [0.1, 0.15) is 36.3 Å². The van der Waals surface area contributed by atoms with Crippen molar-refractivity contribution in [2.45, 2.75) is 40.5 Å². The highest BCUT2D eigenvalue weighted by Gasteiger charge is 2.19. The van der Waals surface area contributed by atoms with E-state index in [1.165, 1.54) is 17.7 Å². The number of amides is 3. The summed E-state index contributed by atoms with van der Waals surface area (Å²) in [4.78, 5) is 37.9. The molecule has 0 saturated carbocycles. The molecule has 40 heavy (non-hydrogen) atoms. The monoisotopic (exact) mass is 559 g/mol. The molecule has 0 radical (unpaired) electrons. The molecule has 5 N–H and O–H groups in total. The van der Waals surface area contributed by atoms with Gasteiger partial charge in [0.25, 0.3) is 0 Å². The second-order valence-electron chi connectivity index (χ2n) is 9.75. The highest BCUT2D eigenvalue weighted by atomic mass is 32.1. The summed E-state index contributed by atoms with van der Waals surface area (Å²) in [7, 11) is 0. The predicted molar refractivity (Wildman–Crippen MR) is 165 cm³/mol. The molecule has 2 heterocycles. The van der Waals surface area contributed by atoms with E-state index in [4.69, 9.17) is 5.73 Å². The standard InChI is InChI=1S/C30H37N7O2S/c1-5-37(6-2)14-13-32-25(38)12-11-24-26(27-28(31)33-18-34-29(27)40-24)21-7-9-22(10-8-21)35-30(39)36-23-16-19(3)15-20(4)17-23/h7-10,15-18H,5-6,11-14H2,1-4H3,(H,32,38)(H2,31,33,34)(H2,35,36,39). The maximum Gasteiger partial charge on any atom is 0.323 e. The molecule has 210 valence electrons. The van der Waals surface area contributed by atoms with Crippen LogP contribution in [0.5, 0.6) is 0 Å². The fraction of sp³-hybridized carbons (Fsp3) is 0.333. The predicted octanol–water partition coefficient (Wildman–Crippen LogP) is 5.59. The van der Waals surface area contributed by atoms with Gasteiger partial charge in [-0.15, -0.1) is 11.3 Å². The maximum atomic E-state index is 12.6. The number of benzene rings is 2. The minimum Gasteiger partial charge on any atom is -0.383 e. The Balaban J connectivity index is 1.47. The number of likely N-dealkylation sites (N-methyl/N-ethyl adjacent to an activating group) is 1. The highest BCUT2D eigenvalue weighted by Crippen LogP contribution is 2.41. The molecule has 0 fully saturated rings. The summed E-state index contributed by atoms with van der Waals surface area (Å²) < 4.78 is 0. The molecule has 4 aromatic rings. The number of carbonyl (C=O) groups is 2. The number of carbonyl (C=O) groups excluding carboxylic acids is 2. The van der Waals surface area contributed by atoms with Gasteiger partial charge in [0, 0.05) is 41.3 Å². The van der Waals surface area contributed by atoms with Gasteiger partial charge in [0.15, 0.2) is 0 Å². The van der Waals surface area contributed by atoms with E-state index in [2.05, 4.69) is 50.7 Å². The number of hydrogen-bond donors (Lipinski definition) is 4. The Morgan fingerprint density at radius 2 is 1.62 bits per heavy atom. The summed E-state index contributed by atoms with van der Waals surface area (Å²) in [6.45, 7) is 11.6. The van der Waals surface area contributed by atoms with Gasteiger partial charge in [0.05, 0.1) is 5.39 Å². The topological polar surface area (TPSA) is 125 Å². The first-order chi connectivity index (χ1) is 19.3. The summed E-state index contributed by atoms with van der Waals surface area (Å²) >= 11 is 1.53. The van der Waals surface area contributed by atoms with Crippen molar-refractivity contribution >= 4 is 50.7 Å². The first-order valence-electron chi connectivity index (χ1n) is 13.5. The van der Waals surface area contributed by atoms with E-state index in [1.54, 1.807) is 0 Å². The number of nitrogens with one attached hydrogen (secondary N) is 3. The largest absolute Gasteiger partial charge is 0.383 e. The number of nitrogens with zero attached hydrogens (tertiary/aromatic N) is 3. The molecule has 0 saturated heterocycles. The molecular formula is C30H37N7O2S. The first-order valence-corrected chi connectivity index (χ1v) is 14.4. The van der Waals surface area contributed by atoms with Crippen molar-refractivity contribution in [3.8, 4) is 11.1 Å². The lowest BCUT2D eigenvalue weighted by atomic mass is 10.0. The van der Waals surface area contributed by atoms with Gasteiger partial charge < -0.3 is 26.6 Å². The van der Waals surface area contributed by atoms with Gasteiger partial charge in [-0.3, -0.25) is 4.79 Å². The zero-order valence-electron chi connectivity index (χ0n) is 23.5. The Hall–Kier alpha value is -4.02. The lowest BCUT2D eigenvalue weighted by Crippen LogP contribution is -2.34. The van der Waals surface area contributed by atoms with Crippen molar-refractivity contribution < 1.29 is 9.59 Å². The fourth-order valence-electron chi connectivity index (χ4n) is 4.75. The lowest BCUT2D eigenvalue weighted by Gasteiger charge is -2.17. The minimum atomic E-state index is -0.316. The highest BCUT2D eigenvalue weighted by molar-refractivity contribution is 7.19. The molecule has 0 bridgehead atoms. The van der Waals surface area contributed by atoms with Crippen LogP contribution in [-0.2, 0) is 11.2 Å². The van der Waals surface area contributed by atoms with Crippen LogP contribution >= 0.6 is 11.3 Å². The molecule has 10 heteroatoms. The second-order valence-corrected chi connectivity index (χ2v) is 10.8. The quantitative estimate of drug-likeness (QED) is 0.190.